The van der Waals surface area contributed by atoms with Gasteiger partial charge in [0.05, 0.1) is 14.0 Å². The standard InChI is InChI=1S/C7H14Cl2Si/c1-2-3-4-5-6-10-7(8)9/h7H,2-6H2,1H3. The lowest BCUT2D eigenvalue weighted by molar-refractivity contribution is 0.700. The Labute approximate surface area is 76.1 Å². The fourth-order valence-corrected chi connectivity index (χ4v) is 2.09. The Morgan fingerprint density at radius 3 is 2.40 bits per heavy atom. The van der Waals surface area contributed by atoms with Crippen LogP contribution in [-0.2, 0) is 0 Å². The zero-order chi connectivity index (χ0) is 7.82. The van der Waals surface area contributed by atoms with Gasteiger partial charge < -0.3 is 0 Å². The van der Waals surface area contributed by atoms with E-state index < -0.39 is 0 Å². The minimum absolute atomic E-state index is 0.123. The van der Waals surface area contributed by atoms with Gasteiger partial charge in [0.25, 0.3) is 0 Å². The van der Waals surface area contributed by atoms with E-state index in [-0.39, 0.29) is 4.46 Å². The first-order valence-electron chi connectivity index (χ1n) is 3.79. The van der Waals surface area contributed by atoms with Crippen LogP contribution in [0, 0.1) is 0 Å². The molecule has 0 atom stereocenters. The molecule has 0 heterocycles. The molecule has 0 nitrogen and oxygen atoms in total. The van der Waals surface area contributed by atoms with Crippen molar-refractivity contribution in [1.82, 2.24) is 0 Å². The van der Waals surface area contributed by atoms with Gasteiger partial charge in [0, 0.05) is 0 Å². The van der Waals surface area contributed by atoms with Gasteiger partial charge in [0.2, 0.25) is 0 Å². The summed E-state index contributed by atoms with van der Waals surface area (Å²) in [5, 5.41) is 0. The largest absolute Gasteiger partial charge is 0.110 e. The molecule has 0 aliphatic carbocycles. The highest BCUT2D eigenvalue weighted by atomic mass is 35.5. The number of unbranched alkanes of at least 4 members (excludes halogenated alkanes) is 3. The summed E-state index contributed by atoms with van der Waals surface area (Å²) in [6.45, 7) is 2.22. The van der Waals surface area contributed by atoms with Gasteiger partial charge >= 0.3 is 0 Å². The zero-order valence-electron chi connectivity index (χ0n) is 6.37. The third-order valence-corrected chi connectivity index (χ3v) is 3.21. The first-order valence-corrected chi connectivity index (χ1v) is 5.94. The lowest BCUT2D eigenvalue weighted by atomic mass is 10.2. The monoisotopic (exact) mass is 196 g/mol. The summed E-state index contributed by atoms with van der Waals surface area (Å²) in [5.41, 5.74) is 0. The molecular weight excluding hydrogens is 183 g/mol. The topological polar surface area (TPSA) is 0 Å². The Balaban J connectivity index is 2.77. The van der Waals surface area contributed by atoms with Crippen LogP contribution in [0.3, 0.4) is 0 Å². The zero-order valence-corrected chi connectivity index (χ0v) is 8.88. The molecule has 0 aromatic carbocycles. The number of halogens is 2. The molecule has 0 N–H and O–H groups in total. The van der Waals surface area contributed by atoms with Crippen molar-refractivity contribution >= 4 is 32.7 Å². The normalized spacial score (nSPS) is 10.8. The van der Waals surface area contributed by atoms with Gasteiger partial charge in [0.1, 0.15) is 0 Å². The Morgan fingerprint density at radius 1 is 1.20 bits per heavy atom. The van der Waals surface area contributed by atoms with Gasteiger partial charge in [-0.25, -0.2) is 0 Å². The van der Waals surface area contributed by atoms with E-state index in [9.17, 15) is 0 Å². The van der Waals surface area contributed by atoms with E-state index >= 15 is 0 Å². The van der Waals surface area contributed by atoms with Crippen molar-refractivity contribution in [3.8, 4) is 0 Å². The van der Waals surface area contributed by atoms with Crippen LogP contribution < -0.4 is 0 Å². The maximum absolute atomic E-state index is 5.57. The average Bonchev–Trinajstić information content (AvgIpc) is 1.87. The van der Waals surface area contributed by atoms with Crippen LogP contribution in [0.2, 0.25) is 6.04 Å². The summed E-state index contributed by atoms with van der Waals surface area (Å²) >= 11 is 11.1. The van der Waals surface area contributed by atoms with Crippen molar-refractivity contribution in [2.45, 2.75) is 43.1 Å². The second-order valence-electron chi connectivity index (χ2n) is 2.32. The minimum atomic E-state index is -0.123. The molecule has 0 spiro atoms. The molecule has 60 valence electrons. The van der Waals surface area contributed by atoms with Gasteiger partial charge in [-0.2, -0.15) is 0 Å². The molecule has 10 heavy (non-hydrogen) atoms. The Bertz CT molecular complexity index is 66.6. The number of alkyl halides is 2. The number of hydrogen-bond donors (Lipinski definition) is 0. The highest BCUT2D eigenvalue weighted by molar-refractivity contribution is 6.68. The Kier molecular flexibility index (Phi) is 8.53. The first-order chi connectivity index (χ1) is 4.77. The summed E-state index contributed by atoms with van der Waals surface area (Å²) in [4.78, 5) is 0. The van der Waals surface area contributed by atoms with Crippen molar-refractivity contribution in [2.24, 2.45) is 0 Å². The molecule has 0 aromatic rings. The van der Waals surface area contributed by atoms with Crippen LogP contribution in [0.15, 0.2) is 0 Å². The lowest BCUT2D eigenvalue weighted by Crippen LogP contribution is -1.99. The highest BCUT2D eigenvalue weighted by Gasteiger charge is 1.98. The van der Waals surface area contributed by atoms with Crippen LogP contribution in [0.4, 0.5) is 0 Å². The summed E-state index contributed by atoms with van der Waals surface area (Å²) < 4.78 is -0.123. The molecule has 0 aliphatic rings. The molecule has 0 unspecified atom stereocenters. The van der Waals surface area contributed by atoms with Gasteiger partial charge in [-0.3, -0.25) is 0 Å². The van der Waals surface area contributed by atoms with Crippen LogP contribution in [-0.4, -0.2) is 14.0 Å². The van der Waals surface area contributed by atoms with E-state index in [1.807, 2.05) is 0 Å². The lowest BCUT2D eigenvalue weighted by Gasteiger charge is -1.98. The van der Waals surface area contributed by atoms with Gasteiger partial charge in [-0.05, 0) is 0 Å². The van der Waals surface area contributed by atoms with Crippen LogP contribution >= 0.6 is 23.2 Å². The van der Waals surface area contributed by atoms with E-state index in [0.717, 1.165) is 9.52 Å². The fourth-order valence-electron chi connectivity index (χ4n) is 0.763. The van der Waals surface area contributed by atoms with Crippen LogP contribution in [0.1, 0.15) is 32.6 Å². The van der Waals surface area contributed by atoms with Crippen LogP contribution in [0.5, 0.6) is 0 Å². The maximum Gasteiger partial charge on any atom is 0.0929 e. The predicted octanol–water partition coefficient (Wildman–Crippen LogP) is 3.45. The summed E-state index contributed by atoms with van der Waals surface area (Å²) in [6.07, 6.45) is 5.28. The first kappa shape index (κ1) is 10.8. The molecular formula is C7H14Cl2Si. The molecule has 0 saturated carbocycles. The van der Waals surface area contributed by atoms with Crippen molar-refractivity contribution in [3.63, 3.8) is 0 Å². The maximum atomic E-state index is 5.57. The third kappa shape index (κ3) is 8.80. The summed E-state index contributed by atoms with van der Waals surface area (Å²) in [6, 6.07) is 1.21. The SMILES string of the molecule is CCCCCC[Si]C(Cl)Cl. The van der Waals surface area contributed by atoms with Gasteiger partial charge in [-0.1, -0.05) is 38.7 Å². The van der Waals surface area contributed by atoms with Crippen molar-refractivity contribution in [2.75, 3.05) is 0 Å². The van der Waals surface area contributed by atoms with Crippen molar-refractivity contribution in [1.29, 1.82) is 0 Å². The van der Waals surface area contributed by atoms with Crippen molar-refractivity contribution < 1.29 is 0 Å². The third-order valence-electron chi connectivity index (χ3n) is 1.33. The Hall–Kier alpha value is 0.797. The fraction of sp³-hybridized carbons (Fsp3) is 1.00. The predicted molar refractivity (Wildman–Crippen MR) is 50.2 cm³/mol. The molecule has 0 fully saturated rings. The average molecular weight is 197 g/mol. The molecule has 0 bridgehead atoms. The second kappa shape index (κ2) is 7.90. The molecule has 2 radical (unpaired) electrons. The second-order valence-corrected chi connectivity index (χ2v) is 5.63. The van der Waals surface area contributed by atoms with Gasteiger partial charge in [-0.15, -0.1) is 23.2 Å². The van der Waals surface area contributed by atoms with E-state index in [4.69, 9.17) is 23.2 Å². The van der Waals surface area contributed by atoms with Crippen molar-refractivity contribution in [3.05, 3.63) is 0 Å². The molecule has 0 rings (SSSR count). The van der Waals surface area contributed by atoms with E-state index in [1.165, 1.54) is 31.7 Å². The van der Waals surface area contributed by atoms with E-state index in [0.29, 0.717) is 0 Å². The molecule has 3 heteroatoms. The quantitative estimate of drug-likeness (QED) is 0.347. The van der Waals surface area contributed by atoms with Crippen LogP contribution in [0.25, 0.3) is 0 Å². The van der Waals surface area contributed by atoms with Gasteiger partial charge in [0.15, 0.2) is 0 Å². The molecule has 0 aromatic heterocycles. The number of rotatable bonds is 6. The number of hydrogen-bond acceptors (Lipinski definition) is 0. The molecule has 0 saturated heterocycles. The smallest absolute Gasteiger partial charge is 0.0929 e. The molecule has 0 aliphatic heterocycles. The molecule has 0 amide bonds. The van der Waals surface area contributed by atoms with E-state index in [2.05, 4.69) is 6.92 Å². The minimum Gasteiger partial charge on any atom is -0.110 e. The summed E-state index contributed by atoms with van der Waals surface area (Å²) in [5.74, 6) is 0. The highest BCUT2D eigenvalue weighted by Crippen LogP contribution is 2.07. The van der Waals surface area contributed by atoms with E-state index in [1.54, 1.807) is 0 Å². The Morgan fingerprint density at radius 2 is 1.90 bits per heavy atom. The summed E-state index contributed by atoms with van der Waals surface area (Å²) in [7, 11) is 0.731.